The molecule has 0 bridgehead atoms. The summed E-state index contributed by atoms with van der Waals surface area (Å²) in [4.78, 5) is 12.3. The minimum absolute atomic E-state index is 0. The van der Waals surface area contributed by atoms with Crippen molar-refractivity contribution >= 4 is 30.1 Å². The third-order valence-electron chi connectivity index (χ3n) is 4.90. The van der Waals surface area contributed by atoms with Gasteiger partial charge in [-0.05, 0) is 30.5 Å². The van der Waals surface area contributed by atoms with Crippen molar-refractivity contribution in [3.05, 3.63) is 35.6 Å². The van der Waals surface area contributed by atoms with Crippen molar-refractivity contribution in [2.45, 2.75) is 43.6 Å². The molecule has 0 spiro atoms. The molecule has 128 valence electrons. The zero-order chi connectivity index (χ0) is 15.4. The van der Waals surface area contributed by atoms with Gasteiger partial charge in [0.15, 0.2) is 0 Å². The van der Waals surface area contributed by atoms with E-state index in [2.05, 4.69) is 10.6 Å². The molecule has 0 aromatic heterocycles. The monoisotopic (exact) mass is 358 g/mol. The summed E-state index contributed by atoms with van der Waals surface area (Å²) in [6.45, 7) is 0.653. The second-order valence-corrected chi connectivity index (χ2v) is 7.37. The van der Waals surface area contributed by atoms with E-state index in [0.29, 0.717) is 6.54 Å². The van der Waals surface area contributed by atoms with Gasteiger partial charge in [-0.15, -0.1) is 24.2 Å². The molecule has 0 radical (unpaired) electrons. The van der Waals surface area contributed by atoms with Crippen molar-refractivity contribution < 1.29 is 9.18 Å². The molecule has 1 amide bonds. The number of carbonyl (C=O) groups is 1. The topological polar surface area (TPSA) is 41.1 Å². The Balaban J connectivity index is 0.00000192. The standard InChI is InChI=1S/C17H23FN2OS.ClH/c18-14-6-4-13(5-7-14)17(8-2-1-3-9-17)11-19-16(21)15-10-22-12-20-15;/h4-7,15,20H,1-3,8-12H2,(H,19,21);1H. The van der Waals surface area contributed by atoms with Crippen LogP contribution in [-0.4, -0.2) is 30.1 Å². The first-order chi connectivity index (χ1) is 10.7. The highest BCUT2D eigenvalue weighted by Gasteiger charge is 2.35. The summed E-state index contributed by atoms with van der Waals surface area (Å²) in [7, 11) is 0. The second kappa shape index (κ2) is 8.36. The summed E-state index contributed by atoms with van der Waals surface area (Å²) >= 11 is 1.76. The van der Waals surface area contributed by atoms with E-state index in [9.17, 15) is 9.18 Å². The number of carbonyl (C=O) groups excluding carboxylic acids is 1. The van der Waals surface area contributed by atoms with Crippen LogP contribution >= 0.6 is 24.2 Å². The number of rotatable bonds is 4. The Morgan fingerprint density at radius 3 is 2.57 bits per heavy atom. The average molecular weight is 359 g/mol. The van der Waals surface area contributed by atoms with Crippen LogP contribution in [0.4, 0.5) is 4.39 Å². The fourth-order valence-electron chi connectivity index (χ4n) is 3.54. The van der Waals surface area contributed by atoms with E-state index >= 15 is 0 Å². The molecule has 1 aromatic carbocycles. The number of thioether (sulfide) groups is 1. The molecule has 6 heteroatoms. The van der Waals surface area contributed by atoms with Gasteiger partial charge >= 0.3 is 0 Å². The lowest BCUT2D eigenvalue weighted by Gasteiger charge is -2.38. The van der Waals surface area contributed by atoms with Crippen LogP contribution in [0.25, 0.3) is 0 Å². The third-order valence-corrected chi connectivity index (χ3v) is 5.84. The normalized spacial score (nSPS) is 23.1. The molecule has 3 nitrogen and oxygen atoms in total. The maximum Gasteiger partial charge on any atom is 0.238 e. The van der Waals surface area contributed by atoms with E-state index in [-0.39, 0.29) is 35.6 Å². The van der Waals surface area contributed by atoms with Crippen LogP contribution < -0.4 is 10.6 Å². The van der Waals surface area contributed by atoms with Crippen molar-refractivity contribution in [3.63, 3.8) is 0 Å². The van der Waals surface area contributed by atoms with Gasteiger partial charge in [-0.3, -0.25) is 10.1 Å². The fourth-order valence-corrected chi connectivity index (χ4v) is 4.48. The van der Waals surface area contributed by atoms with Crippen molar-refractivity contribution in [2.75, 3.05) is 18.2 Å². The summed E-state index contributed by atoms with van der Waals surface area (Å²) < 4.78 is 13.2. The number of amides is 1. The van der Waals surface area contributed by atoms with Crippen molar-refractivity contribution in [2.24, 2.45) is 0 Å². The maximum atomic E-state index is 13.2. The largest absolute Gasteiger partial charge is 0.354 e. The van der Waals surface area contributed by atoms with Crippen LogP contribution in [0.15, 0.2) is 24.3 Å². The molecule has 1 aliphatic carbocycles. The molecule has 1 saturated heterocycles. The fraction of sp³-hybridized carbons (Fsp3) is 0.588. The summed E-state index contributed by atoms with van der Waals surface area (Å²) in [5.41, 5.74) is 1.12. The molecule has 1 aromatic rings. The average Bonchev–Trinajstić information content (AvgIpc) is 3.09. The quantitative estimate of drug-likeness (QED) is 0.868. The molecule has 2 fully saturated rings. The van der Waals surface area contributed by atoms with Gasteiger partial charge in [0.05, 0.1) is 6.04 Å². The summed E-state index contributed by atoms with van der Waals surface area (Å²) in [5, 5.41) is 6.34. The first-order valence-electron chi connectivity index (χ1n) is 8.05. The van der Waals surface area contributed by atoms with Gasteiger partial charge < -0.3 is 5.32 Å². The molecule has 2 aliphatic rings. The molecule has 1 atom stereocenters. The minimum Gasteiger partial charge on any atom is -0.354 e. The Morgan fingerprint density at radius 1 is 1.26 bits per heavy atom. The van der Waals surface area contributed by atoms with Gasteiger partial charge in [0.2, 0.25) is 5.91 Å². The number of halogens is 2. The van der Waals surface area contributed by atoms with Gasteiger partial charge in [0.1, 0.15) is 5.82 Å². The summed E-state index contributed by atoms with van der Waals surface area (Å²) in [5.74, 6) is 1.58. The van der Waals surface area contributed by atoms with E-state index in [1.807, 2.05) is 12.1 Å². The highest BCUT2D eigenvalue weighted by atomic mass is 35.5. The zero-order valence-corrected chi connectivity index (χ0v) is 14.8. The Morgan fingerprint density at radius 2 is 1.96 bits per heavy atom. The van der Waals surface area contributed by atoms with Crippen LogP contribution in [0.3, 0.4) is 0 Å². The van der Waals surface area contributed by atoms with Crippen LogP contribution in [-0.2, 0) is 10.2 Å². The van der Waals surface area contributed by atoms with Crippen molar-refractivity contribution in [1.29, 1.82) is 0 Å². The Hall–Kier alpha value is -0.780. The predicted octanol–water partition coefficient (Wildman–Crippen LogP) is 3.23. The third kappa shape index (κ3) is 4.40. The van der Waals surface area contributed by atoms with Crippen LogP contribution in [0.5, 0.6) is 0 Å². The number of hydrogen-bond donors (Lipinski definition) is 2. The SMILES string of the molecule is Cl.O=C(NCC1(c2ccc(F)cc2)CCCCC1)C1CSCN1. The highest BCUT2D eigenvalue weighted by molar-refractivity contribution is 7.99. The van der Waals surface area contributed by atoms with E-state index in [1.54, 1.807) is 11.8 Å². The first kappa shape index (κ1) is 18.6. The molecule has 1 unspecified atom stereocenters. The molecular formula is C17H24ClFN2OS. The lowest BCUT2D eigenvalue weighted by Crippen LogP contribution is -2.48. The van der Waals surface area contributed by atoms with Gasteiger partial charge in [-0.1, -0.05) is 31.4 Å². The minimum atomic E-state index is -0.203. The van der Waals surface area contributed by atoms with E-state index < -0.39 is 0 Å². The lowest BCUT2D eigenvalue weighted by atomic mass is 9.69. The Kier molecular flexibility index (Phi) is 6.74. The molecule has 23 heavy (non-hydrogen) atoms. The molecular weight excluding hydrogens is 335 g/mol. The number of hydrogen-bond acceptors (Lipinski definition) is 3. The van der Waals surface area contributed by atoms with E-state index in [4.69, 9.17) is 0 Å². The van der Waals surface area contributed by atoms with Crippen LogP contribution in [0.2, 0.25) is 0 Å². The smallest absolute Gasteiger partial charge is 0.238 e. The highest BCUT2D eigenvalue weighted by Crippen LogP contribution is 2.39. The summed E-state index contributed by atoms with van der Waals surface area (Å²) in [6, 6.07) is 6.76. The van der Waals surface area contributed by atoms with Gasteiger partial charge in [-0.2, -0.15) is 0 Å². The molecule has 1 aliphatic heterocycles. The number of benzene rings is 1. The number of nitrogens with one attached hydrogen (secondary N) is 2. The molecule has 1 saturated carbocycles. The van der Waals surface area contributed by atoms with E-state index in [1.165, 1.54) is 31.4 Å². The first-order valence-corrected chi connectivity index (χ1v) is 9.20. The predicted molar refractivity (Wildman–Crippen MR) is 95.7 cm³/mol. The van der Waals surface area contributed by atoms with Crippen LogP contribution in [0, 0.1) is 5.82 Å². The van der Waals surface area contributed by atoms with Crippen molar-refractivity contribution in [1.82, 2.24) is 10.6 Å². The Labute approximate surface area is 147 Å². The summed E-state index contributed by atoms with van der Waals surface area (Å²) in [6.07, 6.45) is 5.71. The molecule has 1 heterocycles. The van der Waals surface area contributed by atoms with E-state index in [0.717, 1.165) is 30.0 Å². The molecule has 3 rings (SSSR count). The second-order valence-electron chi connectivity index (χ2n) is 6.34. The van der Waals surface area contributed by atoms with Gasteiger partial charge in [-0.25, -0.2) is 4.39 Å². The van der Waals surface area contributed by atoms with Gasteiger partial charge in [0, 0.05) is 23.6 Å². The Bertz CT molecular complexity index is 514. The zero-order valence-electron chi connectivity index (χ0n) is 13.1. The maximum absolute atomic E-state index is 13.2. The van der Waals surface area contributed by atoms with Gasteiger partial charge in [0.25, 0.3) is 0 Å². The van der Waals surface area contributed by atoms with Crippen molar-refractivity contribution in [3.8, 4) is 0 Å². The molecule has 2 N–H and O–H groups in total. The van der Waals surface area contributed by atoms with Crippen LogP contribution in [0.1, 0.15) is 37.7 Å². The lowest BCUT2D eigenvalue weighted by molar-refractivity contribution is -0.122.